The van der Waals surface area contributed by atoms with Gasteiger partial charge < -0.3 is 0 Å². The molecular formula is C12H8ClFN2S. The zero-order valence-corrected chi connectivity index (χ0v) is 10.3. The molecule has 2 nitrogen and oxygen atoms in total. The standard InChI is InChI=1S/C12H8ClFN2S/c13-6-11-15-12-9(14)2-1-3-10(12)16(11)8-4-5-17-7-8/h1-5,7H,6H2. The number of alkyl halides is 1. The minimum absolute atomic E-state index is 0.254. The van der Waals surface area contributed by atoms with Crippen molar-refractivity contribution in [2.75, 3.05) is 0 Å². The van der Waals surface area contributed by atoms with Crippen molar-refractivity contribution in [3.05, 3.63) is 46.7 Å². The minimum Gasteiger partial charge on any atom is -0.294 e. The summed E-state index contributed by atoms with van der Waals surface area (Å²) in [7, 11) is 0. The third-order valence-electron chi connectivity index (χ3n) is 2.59. The van der Waals surface area contributed by atoms with Crippen LogP contribution in [0.15, 0.2) is 35.0 Å². The number of para-hydroxylation sites is 1. The smallest absolute Gasteiger partial charge is 0.151 e. The van der Waals surface area contributed by atoms with E-state index in [9.17, 15) is 4.39 Å². The van der Waals surface area contributed by atoms with Crippen LogP contribution < -0.4 is 0 Å². The van der Waals surface area contributed by atoms with E-state index in [1.165, 1.54) is 6.07 Å². The van der Waals surface area contributed by atoms with Crippen molar-refractivity contribution in [2.24, 2.45) is 0 Å². The topological polar surface area (TPSA) is 17.8 Å². The summed E-state index contributed by atoms with van der Waals surface area (Å²) in [6.07, 6.45) is 0. The number of hydrogen-bond acceptors (Lipinski definition) is 2. The van der Waals surface area contributed by atoms with Crippen LogP contribution >= 0.6 is 22.9 Å². The van der Waals surface area contributed by atoms with Crippen molar-refractivity contribution < 1.29 is 4.39 Å². The first-order chi connectivity index (χ1) is 8.31. The SMILES string of the molecule is Fc1cccc2c1nc(CCl)n2-c1ccsc1. The van der Waals surface area contributed by atoms with E-state index in [1.54, 1.807) is 17.4 Å². The van der Waals surface area contributed by atoms with Gasteiger partial charge in [-0.25, -0.2) is 9.37 Å². The third-order valence-corrected chi connectivity index (χ3v) is 3.50. The van der Waals surface area contributed by atoms with Crippen molar-refractivity contribution >= 4 is 34.0 Å². The second kappa shape index (κ2) is 4.13. The van der Waals surface area contributed by atoms with Gasteiger partial charge in [0.2, 0.25) is 0 Å². The van der Waals surface area contributed by atoms with Gasteiger partial charge in [-0.3, -0.25) is 4.57 Å². The van der Waals surface area contributed by atoms with E-state index in [4.69, 9.17) is 11.6 Å². The van der Waals surface area contributed by atoms with E-state index in [1.807, 2.05) is 27.5 Å². The zero-order valence-electron chi connectivity index (χ0n) is 8.73. The molecule has 0 aliphatic rings. The van der Waals surface area contributed by atoms with Gasteiger partial charge in [-0.1, -0.05) is 6.07 Å². The summed E-state index contributed by atoms with van der Waals surface area (Å²) in [5.41, 5.74) is 2.09. The predicted octanol–water partition coefficient (Wildman–Crippen LogP) is 3.96. The van der Waals surface area contributed by atoms with Gasteiger partial charge in [0.15, 0.2) is 5.82 Å². The molecule has 5 heteroatoms. The molecule has 0 bridgehead atoms. The monoisotopic (exact) mass is 266 g/mol. The van der Waals surface area contributed by atoms with Crippen LogP contribution in [0.25, 0.3) is 16.7 Å². The molecule has 0 saturated heterocycles. The number of rotatable bonds is 2. The fourth-order valence-corrected chi connectivity index (χ4v) is 2.67. The highest BCUT2D eigenvalue weighted by molar-refractivity contribution is 7.08. The Morgan fingerprint density at radius 1 is 1.35 bits per heavy atom. The average Bonchev–Trinajstić information content (AvgIpc) is 2.94. The number of nitrogens with zero attached hydrogens (tertiary/aromatic N) is 2. The summed E-state index contributed by atoms with van der Waals surface area (Å²) in [6.45, 7) is 0. The first-order valence-electron chi connectivity index (χ1n) is 5.05. The molecule has 0 unspecified atom stereocenters. The van der Waals surface area contributed by atoms with E-state index in [-0.39, 0.29) is 11.7 Å². The Bertz CT molecular complexity index is 661. The fourth-order valence-electron chi connectivity index (χ4n) is 1.88. The molecule has 0 aliphatic carbocycles. The molecule has 0 saturated carbocycles. The summed E-state index contributed by atoms with van der Waals surface area (Å²) >= 11 is 7.45. The number of thiophene rings is 1. The first-order valence-corrected chi connectivity index (χ1v) is 6.53. The second-order valence-corrected chi connectivity index (χ2v) is 4.63. The van der Waals surface area contributed by atoms with Crippen LogP contribution in [0.1, 0.15) is 5.82 Å². The highest BCUT2D eigenvalue weighted by Crippen LogP contribution is 2.25. The molecule has 0 N–H and O–H groups in total. The molecular weight excluding hydrogens is 259 g/mol. The number of aromatic nitrogens is 2. The Morgan fingerprint density at radius 3 is 2.94 bits per heavy atom. The second-order valence-electron chi connectivity index (χ2n) is 3.59. The van der Waals surface area contributed by atoms with E-state index in [0.29, 0.717) is 11.3 Å². The van der Waals surface area contributed by atoms with Crippen LogP contribution in [0.5, 0.6) is 0 Å². The summed E-state index contributed by atoms with van der Waals surface area (Å²) in [5.74, 6) is 0.595. The highest BCUT2D eigenvalue weighted by Gasteiger charge is 2.14. The third kappa shape index (κ3) is 1.64. The van der Waals surface area contributed by atoms with Gasteiger partial charge in [-0.05, 0) is 23.6 Å². The van der Waals surface area contributed by atoms with Crippen molar-refractivity contribution in [3.63, 3.8) is 0 Å². The molecule has 0 spiro atoms. The van der Waals surface area contributed by atoms with Gasteiger partial charge in [0.05, 0.1) is 17.1 Å². The minimum atomic E-state index is -0.317. The summed E-state index contributed by atoms with van der Waals surface area (Å²) in [4.78, 5) is 4.25. The zero-order chi connectivity index (χ0) is 11.8. The van der Waals surface area contributed by atoms with Crippen LogP contribution in [0, 0.1) is 5.82 Å². The molecule has 17 heavy (non-hydrogen) atoms. The molecule has 0 amide bonds. The Hall–Kier alpha value is -1.39. The Morgan fingerprint density at radius 2 is 2.24 bits per heavy atom. The lowest BCUT2D eigenvalue weighted by Crippen LogP contribution is -1.97. The van der Waals surface area contributed by atoms with Crippen molar-refractivity contribution in [2.45, 2.75) is 5.88 Å². The van der Waals surface area contributed by atoms with Gasteiger partial charge in [0, 0.05) is 5.38 Å². The number of hydrogen-bond donors (Lipinski definition) is 0. The largest absolute Gasteiger partial charge is 0.294 e. The highest BCUT2D eigenvalue weighted by atomic mass is 35.5. The molecule has 0 fully saturated rings. The van der Waals surface area contributed by atoms with Gasteiger partial charge in [-0.15, -0.1) is 11.6 Å². The van der Waals surface area contributed by atoms with Crippen molar-refractivity contribution in [3.8, 4) is 5.69 Å². The Kier molecular flexibility index (Phi) is 2.61. The molecule has 2 heterocycles. The van der Waals surface area contributed by atoms with Gasteiger partial charge in [0.1, 0.15) is 11.3 Å². The average molecular weight is 267 g/mol. The summed E-state index contributed by atoms with van der Waals surface area (Å²) < 4.78 is 15.5. The summed E-state index contributed by atoms with van der Waals surface area (Å²) in [5, 5.41) is 3.96. The van der Waals surface area contributed by atoms with E-state index in [0.717, 1.165) is 11.2 Å². The molecule has 1 aromatic carbocycles. The van der Waals surface area contributed by atoms with Gasteiger partial charge in [0.25, 0.3) is 0 Å². The normalized spacial score (nSPS) is 11.2. The molecule has 0 atom stereocenters. The van der Waals surface area contributed by atoms with E-state index < -0.39 is 0 Å². The fraction of sp³-hybridized carbons (Fsp3) is 0.0833. The number of imidazole rings is 1. The maximum absolute atomic E-state index is 13.6. The van der Waals surface area contributed by atoms with Crippen LogP contribution in [0.3, 0.4) is 0 Å². The van der Waals surface area contributed by atoms with Crippen LogP contribution in [0.2, 0.25) is 0 Å². The van der Waals surface area contributed by atoms with Gasteiger partial charge in [-0.2, -0.15) is 11.3 Å². The van der Waals surface area contributed by atoms with Crippen molar-refractivity contribution in [1.82, 2.24) is 9.55 Å². The lowest BCUT2D eigenvalue weighted by atomic mass is 10.3. The quantitative estimate of drug-likeness (QED) is 0.642. The lowest BCUT2D eigenvalue weighted by molar-refractivity contribution is 0.637. The number of benzene rings is 1. The Labute approximate surface area is 106 Å². The molecule has 3 aromatic rings. The molecule has 0 radical (unpaired) electrons. The van der Waals surface area contributed by atoms with E-state index in [2.05, 4.69) is 4.98 Å². The maximum Gasteiger partial charge on any atom is 0.151 e. The Balaban J connectivity index is 2.39. The predicted molar refractivity (Wildman–Crippen MR) is 68.5 cm³/mol. The van der Waals surface area contributed by atoms with Crippen LogP contribution in [-0.2, 0) is 5.88 Å². The molecule has 0 aliphatic heterocycles. The van der Waals surface area contributed by atoms with Crippen molar-refractivity contribution in [1.29, 1.82) is 0 Å². The number of halogens is 2. The van der Waals surface area contributed by atoms with Crippen LogP contribution in [-0.4, -0.2) is 9.55 Å². The molecule has 86 valence electrons. The lowest BCUT2D eigenvalue weighted by Gasteiger charge is -2.04. The van der Waals surface area contributed by atoms with Crippen LogP contribution in [0.4, 0.5) is 4.39 Å². The van der Waals surface area contributed by atoms with Gasteiger partial charge >= 0.3 is 0 Å². The molecule has 3 rings (SSSR count). The maximum atomic E-state index is 13.6. The summed E-state index contributed by atoms with van der Waals surface area (Å²) in [6, 6.07) is 6.90. The van der Waals surface area contributed by atoms with E-state index >= 15 is 0 Å². The number of fused-ring (bicyclic) bond motifs is 1. The first kappa shape index (κ1) is 10.7. The molecule has 2 aromatic heterocycles.